The fourth-order valence-corrected chi connectivity index (χ4v) is 2.95. The van der Waals surface area contributed by atoms with Crippen LogP contribution in [0, 0.1) is 0 Å². The standard InChI is InChI=1S/C19H28N2O5/c1-19(2,3)26-18(23)21-11-7-8-14(21)17(22)20(4)13-9-10-15(24-5)16(12-13)25-6/h9-10,12,14H,7-8,11H2,1-6H3. The second-order valence-corrected chi connectivity index (χ2v) is 7.27. The third kappa shape index (κ3) is 4.39. The predicted octanol–water partition coefficient (Wildman–Crippen LogP) is 3.07. The van der Waals surface area contributed by atoms with Crippen molar-refractivity contribution in [3.63, 3.8) is 0 Å². The highest BCUT2D eigenvalue weighted by atomic mass is 16.6. The molecule has 1 atom stereocenters. The molecule has 2 rings (SSSR count). The number of benzene rings is 1. The topological polar surface area (TPSA) is 68.3 Å². The van der Waals surface area contributed by atoms with Gasteiger partial charge in [-0.25, -0.2) is 4.79 Å². The molecule has 1 aliphatic rings. The van der Waals surface area contributed by atoms with Gasteiger partial charge in [0.05, 0.1) is 14.2 Å². The molecule has 7 heteroatoms. The Morgan fingerprint density at radius 1 is 1.15 bits per heavy atom. The third-order valence-corrected chi connectivity index (χ3v) is 4.25. The minimum Gasteiger partial charge on any atom is -0.493 e. The van der Waals surface area contributed by atoms with E-state index in [1.54, 1.807) is 39.5 Å². The van der Waals surface area contributed by atoms with E-state index in [0.29, 0.717) is 30.2 Å². The summed E-state index contributed by atoms with van der Waals surface area (Å²) in [6.45, 7) is 5.96. The van der Waals surface area contributed by atoms with Gasteiger partial charge in [0.1, 0.15) is 11.6 Å². The van der Waals surface area contributed by atoms with Gasteiger partial charge in [0.25, 0.3) is 0 Å². The summed E-state index contributed by atoms with van der Waals surface area (Å²) in [4.78, 5) is 28.5. The molecule has 0 bridgehead atoms. The Bertz CT molecular complexity index is 668. The van der Waals surface area contributed by atoms with Crippen molar-refractivity contribution in [3.8, 4) is 11.5 Å². The van der Waals surface area contributed by atoms with Crippen molar-refractivity contribution >= 4 is 17.7 Å². The van der Waals surface area contributed by atoms with Crippen LogP contribution in [0.3, 0.4) is 0 Å². The molecule has 1 saturated heterocycles. The number of methoxy groups -OCH3 is 2. The molecule has 7 nitrogen and oxygen atoms in total. The molecule has 1 aromatic carbocycles. The summed E-state index contributed by atoms with van der Waals surface area (Å²) in [7, 11) is 4.80. The van der Waals surface area contributed by atoms with Gasteiger partial charge in [-0.3, -0.25) is 9.69 Å². The molecular formula is C19H28N2O5. The Hall–Kier alpha value is -2.44. The quantitative estimate of drug-likeness (QED) is 0.821. The average molecular weight is 364 g/mol. The number of nitrogens with zero attached hydrogens (tertiary/aromatic N) is 2. The maximum atomic E-state index is 13.0. The van der Waals surface area contributed by atoms with Crippen LogP contribution in [-0.2, 0) is 9.53 Å². The maximum Gasteiger partial charge on any atom is 0.410 e. The van der Waals surface area contributed by atoms with Crippen molar-refractivity contribution in [2.24, 2.45) is 0 Å². The van der Waals surface area contributed by atoms with Crippen LogP contribution in [0.5, 0.6) is 11.5 Å². The second-order valence-electron chi connectivity index (χ2n) is 7.27. The SMILES string of the molecule is COc1ccc(N(C)C(=O)C2CCCN2C(=O)OC(C)(C)C)cc1OC. The van der Waals surface area contributed by atoms with Gasteiger partial charge in [-0.2, -0.15) is 0 Å². The largest absolute Gasteiger partial charge is 0.493 e. The van der Waals surface area contributed by atoms with Crippen LogP contribution in [0.1, 0.15) is 33.6 Å². The normalized spacial score (nSPS) is 17.0. The first kappa shape index (κ1) is 19.9. The lowest BCUT2D eigenvalue weighted by molar-refractivity contribution is -0.122. The molecule has 0 aromatic heterocycles. The molecular weight excluding hydrogens is 336 g/mol. The van der Waals surface area contributed by atoms with Crippen molar-refractivity contribution in [3.05, 3.63) is 18.2 Å². The Morgan fingerprint density at radius 3 is 2.38 bits per heavy atom. The summed E-state index contributed by atoms with van der Waals surface area (Å²) < 4.78 is 16.0. The first-order chi connectivity index (χ1) is 12.2. The first-order valence-corrected chi connectivity index (χ1v) is 8.67. The van der Waals surface area contributed by atoms with Gasteiger partial charge in [-0.1, -0.05) is 0 Å². The Labute approximate surface area is 154 Å². The number of amides is 2. The Kier molecular flexibility index (Phi) is 6.00. The number of carbonyl (C=O) groups is 2. The first-order valence-electron chi connectivity index (χ1n) is 8.67. The van der Waals surface area contributed by atoms with E-state index in [2.05, 4.69) is 0 Å². The molecule has 1 aliphatic heterocycles. The van der Waals surface area contributed by atoms with E-state index in [9.17, 15) is 9.59 Å². The third-order valence-electron chi connectivity index (χ3n) is 4.25. The molecule has 1 fully saturated rings. The number of carbonyl (C=O) groups excluding carboxylic acids is 2. The van der Waals surface area contributed by atoms with Gasteiger partial charge < -0.3 is 19.1 Å². The van der Waals surface area contributed by atoms with E-state index in [1.165, 1.54) is 9.80 Å². The molecule has 1 unspecified atom stereocenters. The van der Waals surface area contributed by atoms with Gasteiger partial charge in [0.2, 0.25) is 5.91 Å². The van der Waals surface area contributed by atoms with Crippen LogP contribution in [0.4, 0.5) is 10.5 Å². The van der Waals surface area contributed by atoms with Crippen LogP contribution < -0.4 is 14.4 Å². The number of likely N-dealkylation sites (N-methyl/N-ethyl adjacent to an activating group) is 1. The second kappa shape index (κ2) is 7.85. The lowest BCUT2D eigenvalue weighted by atomic mass is 10.1. The zero-order chi connectivity index (χ0) is 19.5. The Balaban J connectivity index is 2.17. The van der Waals surface area contributed by atoms with Gasteiger partial charge in [-0.15, -0.1) is 0 Å². The van der Waals surface area contributed by atoms with E-state index in [-0.39, 0.29) is 5.91 Å². The molecule has 144 valence electrons. The van der Waals surface area contributed by atoms with E-state index < -0.39 is 17.7 Å². The Morgan fingerprint density at radius 2 is 1.81 bits per heavy atom. The fourth-order valence-electron chi connectivity index (χ4n) is 2.95. The van der Waals surface area contributed by atoms with Crippen molar-refractivity contribution in [1.82, 2.24) is 4.90 Å². The van der Waals surface area contributed by atoms with E-state index in [4.69, 9.17) is 14.2 Å². The van der Waals surface area contributed by atoms with E-state index in [0.717, 1.165) is 6.42 Å². The number of hydrogen-bond donors (Lipinski definition) is 0. The minimum atomic E-state index is -0.595. The van der Waals surface area contributed by atoms with E-state index in [1.807, 2.05) is 20.8 Å². The van der Waals surface area contributed by atoms with Crippen LogP contribution >= 0.6 is 0 Å². The fraction of sp³-hybridized carbons (Fsp3) is 0.579. The lowest BCUT2D eigenvalue weighted by Gasteiger charge is -2.30. The highest BCUT2D eigenvalue weighted by molar-refractivity contribution is 5.98. The number of hydrogen-bond acceptors (Lipinski definition) is 5. The molecule has 0 spiro atoms. The minimum absolute atomic E-state index is 0.152. The molecule has 2 amide bonds. The summed E-state index contributed by atoms with van der Waals surface area (Å²) in [5.74, 6) is 0.981. The van der Waals surface area contributed by atoms with Crippen LogP contribution in [0.15, 0.2) is 18.2 Å². The monoisotopic (exact) mass is 364 g/mol. The number of likely N-dealkylation sites (tertiary alicyclic amines) is 1. The highest BCUT2D eigenvalue weighted by Gasteiger charge is 2.38. The molecule has 0 N–H and O–H groups in total. The summed E-state index contributed by atoms with van der Waals surface area (Å²) in [6.07, 6.45) is 0.944. The summed E-state index contributed by atoms with van der Waals surface area (Å²) in [5, 5.41) is 0. The van der Waals surface area contributed by atoms with Crippen molar-refractivity contribution in [2.45, 2.75) is 45.3 Å². The highest BCUT2D eigenvalue weighted by Crippen LogP contribution is 2.32. The zero-order valence-corrected chi connectivity index (χ0v) is 16.4. The zero-order valence-electron chi connectivity index (χ0n) is 16.4. The van der Waals surface area contributed by atoms with Gasteiger partial charge in [0, 0.05) is 25.3 Å². The van der Waals surface area contributed by atoms with Crippen molar-refractivity contribution in [1.29, 1.82) is 0 Å². The van der Waals surface area contributed by atoms with Gasteiger partial charge >= 0.3 is 6.09 Å². The smallest absolute Gasteiger partial charge is 0.410 e. The van der Waals surface area contributed by atoms with Gasteiger partial charge in [-0.05, 0) is 45.7 Å². The van der Waals surface area contributed by atoms with Gasteiger partial charge in [0.15, 0.2) is 11.5 Å². The summed E-state index contributed by atoms with van der Waals surface area (Å²) in [5.41, 5.74) is 0.0754. The predicted molar refractivity (Wildman–Crippen MR) is 98.9 cm³/mol. The number of rotatable bonds is 4. The molecule has 0 saturated carbocycles. The molecule has 1 heterocycles. The number of anilines is 1. The molecule has 0 aliphatic carbocycles. The van der Waals surface area contributed by atoms with Crippen molar-refractivity contribution in [2.75, 3.05) is 32.7 Å². The average Bonchev–Trinajstić information content (AvgIpc) is 3.08. The molecule has 26 heavy (non-hydrogen) atoms. The lowest BCUT2D eigenvalue weighted by Crippen LogP contribution is -2.48. The molecule has 1 aromatic rings. The van der Waals surface area contributed by atoms with E-state index >= 15 is 0 Å². The van der Waals surface area contributed by atoms with Crippen LogP contribution in [0.2, 0.25) is 0 Å². The number of ether oxygens (including phenoxy) is 3. The summed E-state index contributed by atoms with van der Waals surface area (Å²) in [6, 6.07) is 4.75. The summed E-state index contributed by atoms with van der Waals surface area (Å²) >= 11 is 0. The van der Waals surface area contributed by atoms with Crippen LogP contribution in [0.25, 0.3) is 0 Å². The van der Waals surface area contributed by atoms with Crippen molar-refractivity contribution < 1.29 is 23.8 Å². The molecule has 0 radical (unpaired) electrons. The maximum absolute atomic E-state index is 13.0. The van der Waals surface area contributed by atoms with Crippen LogP contribution in [-0.4, -0.2) is 56.4 Å².